The molecule has 3 N–H and O–H groups in total. The van der Waals surface area contributed by atoms with Gasteiger partial charge in [0.15, 0.2) is 0 Å². The van der Waals surface area contributed by atoms with Crippen LogP contribution in [0.3, 0.4) is 0 Å². The van der Waals surface area contributed by atoms with Gasteiger partial charge >= 0.3 is 5.97 Å². The molecule has 0 aliphatic heterocycles. The van der Waals surface area contributed by atoms with Crippen LogP contribution in [0.4, 0.5) is 0 Å². The van der Waals surface area contributed by atoms with Gasteiger partial charge in [-0.15, -0.1) is 0 Å². The van der Waals surface area contributed by atoms with Crippen LogP contribution in [-0.4, -0.2) is 27.0 Å². The van der Waals surface area contributed by atoms with Gasteiger partial charge in [-0.05, 0) is 73.8 Å². The Morgan fingerprint density at radius 3 is 2.31 bits per heavy atom. The molecule has 1 atom stereocenters. The SMILES string of the molecule is Cc1ccccc1[C@@H](C/C(=N\O)c1c[nH]c(=O)c(C)c1)c1ccc([C@H]2CC[C@H](C(=O)O)CC2)cc1. The maximum atomic E-state index is 11.8. The third-order valence-corrected chi connectivity index (χ3v) is 7.39. The van der Waals surface area contributed by atoms with E-state index in [9.17, 15) is 19.9 Å². The highest BCUT2D eigenvalue weighted by atomic mass is 16.4. The number of benzene rings is 2. The molecule has 3 aromatic rings. The van der Waals surface area contributed by atoms with Crippen molar-refractivity contribution in [3.05, 3.63) is 105 Å². The van der Waals surface area contributed by atoms with E-state index in [1.807, 2.05) is 12.1 Å². The maximum absolute atomic E-state index is 11.8. The summed E-state index contributed by atoms with van der Waals surface area (Å²) in [5, 5.41) is 22.8. The van der Waals surface area contributed by atoms with Gasteiger partial charge in [-0.25, -0.2) is 0 Å². The normalized spacial score (nSPS) is 19.3. The molecule has 0 bridgehead atoms. The van der Waals surface area contributed by atoms with Crippen molar-refractivity contribution in [1.82, 2.24) is 4.98 Å². The van der Waals surface area contributed by atoms with E-state index < -0.39 is 5.97 Å². The molecule has 6 heteroatoms. The van der Waals surface area contributed by atoms with Crippen LogP contribution in [0.25, 0.3) is 0 Å². The number of aliphatic carboxylic acids is 1. The Morgan fingerprint density at radius 2 is 1.71 bits per heavy atom. The fraction of sp³-hybridized carbons (Fsp3) is 0.345. The van der Waals surface area contributed by atoms with E-state index in [0.717, 1.165) is 42.4 Å². The Bertz CT molecular complexity index is 1270. The number of aryl methyl sites for hydroxylation is 2. The largest absolute Gasteiger partial charge is 0.481 e. The Labute approximate surface area is 205 Å². The van der Waals surface area contributed by atoms with Crippen molar-refractivity contribution in [2.24, 2.45) is 11.1 Å². The molecule has 1 aliphatic carbocycles. The summed E-state index contributed by atoms with van der Waals surface area (Å²) in [6.45, 7) is 3.82. The second kappa shape index (κ2) is 10.7. The van der Waals surface area contributed by atoms with Crippen LogP contribution < -0.4 is 5.56 Å². The Hall–Kier alpha value is -3.67. The number of pyridine rings is 1. The molecule has 0 radical (unpaired) electrons. The molecule has 0 spiro atoms. The molecule has 182 valence electrons. The van der Waals surface area contributed by atoms with E-state index >= 15 is 0 Å². The average molecular weight is 473 g/mol. The number of hydrogen-bond donors (Lipinski definition) is 3. The van der Waals surface area contributed by atoms with Gasteiger partial charge in [0.1, 0.15) is 0 Å². The van der Waals surface area contributed by atoms with E-state index in [4.69, 9.17) is 0 Å². The van der Waals surface area contributed by atoms with Crippen LogP contribution in [0.5, 0.6) is 0 Å². The van der Waals surface area contributed by atoms with Crippen LogP contribution >= 0.6 is 0 Å². The molecule has 0 saturated heterocycles. The number of hydrogen-bond acceptors (Lipinski definition) is 4. The van der Waals surface area contributed by atoms with Gasteiger partial charge in [0, 0.05) is 29.7 Å². The highest BCUT2D eigenvalue weighted by molar-refractivity contribution is 6.00. The Morgan fingerprint density at radius 1 is 1.03 bits per heavy atom. The van der Waals surface area contributed by atoms with E-state index in [1.165, 1.54) is 5.56 Å². The molecule has 6 nitrogen and oxygen atoms in total. The number of carboxylic acids is 1. The van der Waals surface area contributed by atoms with Gasteiger partial charge in [-0.1, -0.05) is 53.7 Å². The van der Waals surface area contributed by atoms with Crippen LogP contribution in [0.15, 0.2) is 70.7 Å². The minimum absolute atomic E-state index is 0.0360. The highest BCUT2D eigenvalue weighted by Gasteiger charge is 2.27. The zero-order valence-corrected chi connectivity index (χ0v) is 20.2. The molecule has 1 heterocycles. The van der Waals surface area contributed by atoms with Gasteiger partial charge in [0.25, 0.3) is 5.56 Å². The molecule has 35 heavy (non-hydrogen) atoms. The molecule has 0 amide bonds. The van der Waals surface area contributed by atoms with E-state index in [0.29, 0.717) is 29.2 Å². The zero-order valence-electron chi connectivity index (χ0n) is 20.2. The van der Waals surface area contributed by atoms with Crippen molar-refractivity contribution >= 4 is 11.7 Å². The fourth-order valence-electron chi connectivity index (χ4n) is 5.23. The van der Waals surface area contributed by atoms with Gasteiger partial charge in [-0.2, -0.15) is 0 Å². The molecule has 1 fully saturated rings. The summed E-state index contributed by atoms with van der Waals surface area (Å²) in [5.41, 5.74) is 6.28. The number of aromatic amines is 1. The molecule has 1 aliphatic rings. The lowest BCUT2D eigenvalue weighted by atomic mass is 9.78. The van der Waals surface area contributed by atoms with Crippen molar-refractivity contribution in [3.8, 4) is 0 Å². The zero-order chi connectivity index (χ0) is 24.9. The summed E-state index contributed by atoms with van der Waals surface area (Å²) in [7, 11) is 0. The van der Waals surface area contributed by atoms with Crippen LogP contribution in [-0.2, 0) is 4.79 Å². The lowest BCUT2D eigenvalue weighted by Gasteiger charge is -2.27. The van der Waals surface area contributed by atoms with Crippen LogP contribution in [0.1, 0.15) is 77.3 Å². The quantitative estimate of drug-likeness (QED) is 0.231. The molecule has 1 aromatic heterocycles. The first-order chi connectivity index (χ1) is 16.9. The number of nitrogens with one attached hydrogen (secondary N) is 1. The average Bonchev–Trinajstić information content (AvgIpc) is 2.87. The lowest BCUT2D eigenvalue weighted by Crippen LogP contribution is -2.20. The van der Waals surface area contributed by atoms with Gasteiger partial charge < -0.3 is 15.3 Å². The van der Waals surface area contributed by atoms with Gasteiger partial charge in [0.2, 0.25) is 0 Å². The lowest BCUT2D eigenvalue weighted by molar-refractivity contribution is -0.142. The Kier molecular flexibility index (Phi) is 7.49. The topological polar surface area (TPSA) is 103 Å². The van der Waals surface area contributed by atoms with Crippen LogP contribution in [0, 0.1) is 19.8 Å². The smallest absolute Gasteiger partial charge is 0.306 e. The monoisotopic (exact) mass is 472 g/mol. The van der Waals surface area contributed by atoms with E-state index in [2.05, 4.69) is 53.5 Å². The first kappa shape index (κ1) is 24.5. The van der Waals surface area contributed by atoms with Crippen molar-refractivity contribution in [2.75, 3.05) is 0 Å². The Balaban J connectivity index is 1.62. The van der Waals surface area contributed by atoms with Crippen molar-refractivity contribution in [3.63, 3.8) is 0 Å². The van der Waals surface area contributed by atoms with Gasteiger partial charge in [-0.3, -0.25) is 9.59 Å². The predicted octanol–water partition coefficient (Wildman–Crippen LogP) is 5.75. The first-order valence-corrected chi connectivity index (χ1v) is 12.2. The predicted molar refractivity (Wildman–Crippen MR) is 137 cm³/mol. The van der Waals surface area contributed by atoms with E-state index in [1.54, 1.807) is 19.2 Å². The summed E-state index contributed by atoms with van der Waals surface area (Å²) < 4.78 is 0. The summed E-state index contributed by atoms with van der Waals surface area (Å²) in [5.74, 6) is -0.552. The molecular formula is C29H32N2O4. The minimum atomic E-state index is -0.682. The van der Waals surface area contributed by atoms with Crippen molar-refractivity contribution < 1.29 is 15.1 Å². The fourth-order valence-corrected chi connectivity index (χ4v) is 5.23. The third-order valence-electron chi connectivity index (χ3n) is 7.39. The van der Waals surface area contributed by atoms with Crippen LogP contribution in [0.2, 0.25) is 0 Å². The molecule has 4 rings (SSSR count). The van der Waals surface area contributed by atoms with E-state index in [-0.39, 0.29) is 17.4 Å². The third kappa shape index (κ3) is 5.53. The molecular weight excluding hydrogens is 440 g/mol. The number of carbonyl (C=O) groups is 1. The molecule has 1 saturated carbocycles. The molecule has 2 aromatic carbocycles. The summed E-state index contributed by atoms with van der Waals surface area (Å²) >= 11 is 0. The number of nitrogens with zero attached hydrogens (tertiary/aromatic N) is 1. The number of oxime groups is 1. The first-order valence-electron chi connectivity index (χ1n) is 12.2. The second-order valence-corrected chi connectivity index (χ2v) is 9.61. The summed E-state index contributed by atoms with van der Waals surface area (Å²) in [4.78, 5) is 25.8. The highest BCUT2D eigenvalue weighted by Crippen LogP contribution is 2.37. The summed E-state index contributed by atoms with van der Waals surface area (Å²) in [6, 6.07) is 18.6. The van der Waals surface area contributed by atoms with Crippen molar-refractivity contribution in [1.29, 1.82) is 0 Å². The number of aromatic nitrogens is 1. The molecule has 0 unspecified atom stereocenters. The summed E-state index contributed by atoms with van der Waals surface area (Å²) in [6.07, 6.45) is 5.30. The number of carboxylic acid groups (broad SMARTS) is 1. The maximum Gasteiger partial charge on any atom is 0.306 e. The van der Waals surface area contributed by atoms with Crippen molar-refractivity contribution in [2.45, 2.75) is 57.8 Å². The standard InChI is InChI=1S/C29H32N2O4/c1-18-5-3-4-6-25(18)26(16-27(31-35)24-15-19(2)28(32)30-17-24)22-11-7-20(8-12-22)21-9-13-23(14-10-21)29(33)34/h3-8,11-12,15,17,21,23,26,35H,9-10,13-14,16H2,1-2H3,(H,30,32)(H,33,34)/b31-27+/t21-,23-,26-/m0/s1. The number of H-pyrrole nitrogens is 1. The number of rotatable bonds is 7. The second-order valence-electron chi connectivity index (χ2n) is 9.61. The van der Waals surface area contributed by atoms with Gasteiger partial charge in [0.05, 0.1) is 11.6 Å². The minimum Gasteiger partial charge on any atom is -0.481 e.